The van der Waals surface area contributed by atoms with E-state index in [4.69, 9.17) is 4.42 Å². The van der Waals surface area contributed by atoms with Crippen molar-refractivity contribution < 1.29 is 14.1 Å². The van der Waals surface area contributed by atoms with Crippen molar-refractivity contribution in [1.29, 1.82) is 0 Å². The molecule has 19 heavy (non-hydrogen) atoms. The van der Waals surface area contributed by atoms with E-state index in [0.29, 0.717) is 11.3 Å². The summed E-state index contributed by atoms with van der Waals surface area (Å²) in [7, 11) is 0. The van der Waals surface area contributed by atoms with E-state index in [1.807, 2.05) is 0 Å². The fourth-order valence-corrected chi connectivity index (χ4v) is 1.54. The first kappa shape index (κ1) is 12.8. The molecule has 2 rings (SSSR count). The Morgan fingerprint density at radius 1 is 1.16 bits per heavy atom. The molecule has 0 amide bonds. The summed E-state index contributed by atoms with van der Waals surface area (Å²) in [4.78, 5) is 21.0. The van der Waals surface area contributed by atoms with E-state index in [0.717, 1.165) is 5.56 Å². The van der Waals surface area contributed by atoms with Crippen LogP contribution in [0.2, 0.25) is 0 Å². The Morgan fingerprint density at radius 3 is 2.37 bits per heavy atom. The Bertz CT molecular complexity index is 638. The van der Waals surface area contributed by atoms with Crippen LogP contribution in [0.4, 0.5) is 5.88 Å². The lowest BCUT2D eigenvalue weighted by molar-refractivity contribution is -0.402. The zero-order valence-electron chi connectivity index (χ0n) is 10.2. The number of furan rings is 1. The minimum atomic E-state index is -0.584. The molecule has 5 heteroatoms. The molecular formula is C14H11NO4. The van der Waals surface area contributed by atoms with Crippen molar-refractivity contribution in [3.8, 4) is 0 Å². The van der Waals surface area contributed by atoms with Crippen LogP contribution in [0.25, 0.3) is 12.2 Å². The van der Waals surface area contributed by atoms with Crippen molar-refractivity contribution in [2.24, 2.45) is 0 Å². The predicted octanol–water partition coefficient (Wildman–Crippen LogP) is 3.56. The summed E-state index contributed by atoms with van der Waals surface area (Å²) < 4.78 is 4.99. The van der Waals surface area contributed by atoms with Gasteiger partial charge < -0.3 is 4.42 Å². The van der Waals surface area contributed by atoms with Gasteiger partial charge in [0.15, 0.2) is 5.78 Å². The van der Waals surface area contributed by atoms with Crippen molar-refractivity contribution in [3.05, 3.63) is 63.4 Å². The van der Waals surface area contributed by atoms with Gasteiger partial charge in [0.1, 0.15) is 10.7 Å². The number of benzene rings is 1. The number of ketones is 1. The molecule has 0 aliphatic rings. The van der Waals surface area contributed by atoms with Crippen LogP contribution in [0.15, 0.2) is 40.8 Å². The molecule has 2 aromatic rings. The Labute approximate surface area is 109 Å². The minimum Gasteiger partial charge on any atom is -0.401 e. The molecule has 0 spiro atoms. The van der Waals surface area contributed by atoms with E-state index in [1.165, 1.54) is 19.1 Å². The van der Waals surface area contributed by atoms with Crippen molar-refractivity contribution in [3.63, 3.8) is 0 Å². The summed E-state index contributed by atoms with van der Waals surface area (Å²) in [6, 6.07) is 9.88. The molecule has 0 atom stereocenters. The molecule has 96 valence electrons. The Hall–Kier alpha value is -2.69. The van der Waals surface area contributed by atoms with Crippen LogP contribution in [-0.4, -0.2) is 10.7 Å². The Balaban J connectivity index is 2.13. The molecule has 0 saturated carbocycles. The third-order valence-corrected chi connectivity index (χ3v) is 2.55. The van der Waals surface area contributed by atoms with E-state index < -0.39 is 4.92 Å². The van der Waals surface area contributed by atoms with Gasteiger partial charge in [0.25, 0.3) is 0 Å². The molecule has 5 nitrogen and oxygen atoms in total. The second kappa shape index (κ2) is 5.30. The molecule has 0 aliphatic carbocycles. The van der Waals surface area contributed by atoms with Gasteiger partial charge in [-0.3, -0.25) is 14.9 Å². The molecule has 0 N–H and O–H groups in total. The van der Waals surface area contributed by atoms with E-state index in [9.17, 15) is 14.9 Å². The predicted molar refractivity (Wildman–Crippen MR) is 70.7 cm³/mol. The molecule has 0 radical (unpaired) electrons. The van der Waals surface area contributed by atoms with Crippen LogP contribution in [0.5, 0.6) is 0 Å². The summed E-state index contributed by atoms with van der Waals surface area (Å²) >= 11 is 0. The smallest absolute Gasteiger partial charge is 0.401 e. The Morgan fingerprint density at radius 2 is 1.84 bits per heavy atom. The van der Waals surface area contributed by atoms with Gasteiger partial charge in [-0.25, -0.2) is 0 Å². The van der Waals surface area contributed by atoms with Gasteiger partial charge in [0.05, 0.1) is 6.07 Å². The third kappa shape index (κ3) is 3.16. The molecule has 0 bridgehead atoms. The number of Topliss-reactive ketones (excluding diaryl/α,β-unsaturated/α-hetero) is 1. The molecule has 1 aromatic carbocycles. The molecule has 0 unspecified atom stereocenters. The van der Waals surface area contributed by atoms with Gasteiger partial charge in [0.2, 0.25) is 0 Å². The highest BCUT2D eigenvalue weighted by Crippen LogP contribution is 2.18. The van der Waals surface area contributed by atoms with E-state index in [2.05, 4.69) is 0 Å². The van der Waals surface area contributed by atoms with E-state index >= 15 is 0 Å². The molecule has 1 heterocycles. The van der Waals surface area contributed by atoms with Crippen LogP contribution >= 0.6 is 0 Å². The summed E-state index contributed by atoms with van der Waals surface area (Å²) in [6.45, 7) is 1.51. The van der Waals surface area contributed by atoms with Gasteiger partial charge in [-0.1, -0.05) is 30.3 Å². The van der Waals surface area contributed by atoms with Crippen LogP contribution in [0.3, 0.4) is 0 Å². The van der Waals surface area contributed by atoms with Gasteiger partial charge in [0, 0.05) is 5.56 Å². The zero-order chi connectivity index (χ0) is 13.8. The van der Waals surface area contributed by atoms with Crippen molar-refractivity contribution >= 4 is 23.8 Å². The number of hydrogen-bond acceptors (Lipinski definition) is 4. The fourth-order valence-electron chi connectivity index (χ4n) is 1.54. The lowest BCUT2D eigenvalue weighted by Crippen LogP contribution is -1.90. The number of rotatable bonds is 4. The monoisotopic (exact) mass is 257 g/mol. The highest BCUT2D eigenvalue weighted by atomic mass is 16.6. The number of nitrogens with zero attached hydrogens (tertiary/aromatic N) is 1. The largest absolute Gasteiger partial charge is 0.433 e. The first-order valence-corrected chi connectivity index (χ1v) is 5.59. The maximum atomic E-state index is 11.1. The summed E-state index contributed by atoms with van der Waals surface area (Å²) in [5.74, 6) is 0.131. The second-order valence-electron chi connectivity index (χ2n) is 3.94. The number of nitro groups is 1. The first-order valence-electron chi connectivity index (χ1n) is 5.59. The molecule has 0 fully saturated rings. The standard InChI is InChI=1S/C14H11NO4/c1-10(16)12-5-2-11(3-6-12)4-7-13-8-9-14(19-13)15(17)18/h2-9H,1H3/b7-4+. The Kier molecular flexibility index (Phi) is 3.56. The lowest BCUT2D eigenvalue weighted by Gasteiger charge is -1.96. The number of hydrogen-bond donors (Lipinski definition) is 0. The van der Waals surface area contributed by atoms with Gasteiger partial charge in [-0.2, -0.15) is 0 Å². The van der Waals surface area contributed by atoms with Crippen LogP contribution in [-0.2, 0) is 0 Å². The van der Waals surface area contributed by atoms with Gasteiger partial charge in [-0.05, 0) is 24.6 Å². The molecule has 0 aliphatic heterocycles. The number of carbonyl (C=O) groups excluding carboxylic acids is 1. The van der Waals surface area contributed by atoms with Crippen molar-refractivity contribution in [2.75, 3.05) is 0 Å². The quantitative estimate of drug-likeness (QED) is 0.477. The topological polar surface area (TPSA) is 73.3 Å². The maximum Gasteiger partial charge on any atom is 0.433 e. The van der Waals surface area contributed by atoms with Crippen LogP contribution in [0, 0.1) is 10.1 Å². The third-order valence-electron chi connectivity index (χ3n) is 2.55. The second-order valence-corrected chi connectivity index (χ2v) is 3.94. The summed E-state index contributed by atoms with van der Waals surface area (Å²) in [5.41, 5.74) is 1.52. The summed E-state index contributed by atoms with van der Waals surface area (Å²) in [6.07, 6.45) is 3.39. The lowest BCUT2D eigenvalue weighted by atomic mass is 10.1. The average molecular weight is 257 g/mol. The molecular weight excluding hydrogens is 246 g/mol. The highest BCUT2D eigenvalue weighted by molar-refractivity contribution is 5.94. The maximum absolute atomic E-state index is 11.1. The highest BCUT2D eigenvalue weighted by Gasteiger charge is 2.09. The van der Waals surface area contributed by atoms with Crippen molar-refractivity contribution in [2.45, 2.75) is 6.92 Å². The van der Waals surface area contributed by atoms with Crippen LogP contribution in [0.1, 0.15) is 28.6 Å². The fraction of sp³-hybridized carbons (Fsp3) is 0.0714. The first-order chi connectivity index (χ1) is 9.06. The SMILES string of the molecule is CC(=O)c1ccc(/C=C/c2ccc([N+](=O)[O-])o2)cc1. The van der Waals surface area contributed by atoms with Crippen LogP contribution < -0.4 is 0 Å². The van der Waals surface area contributed by atoms with E-state index in [-0.39, 0.29) is 11.7 Å². The van der Waals surface area contributed by atoms with Gasteiger partial charge >= 0.3 is 5.88 Å². The normalized spacial score (nSPS) is 10.8. The molecule has 1 aromatic heterocycles. The van der Waals surface area contributed by atoms with Gasteiger partial charge in [-0.15, -0.1) is 0 Å². The summed E-state index contributed by atoms with van der Waals surface area (Å²) in [5, 5.41) is 10.4. The molecule has 0 saturated heterocycles. The zero-order valence-corrected chi connectivity index (χ0v) is 10.2. The number of carbonyl (C=O) groups is 1. The van der Waals surface area contributed by atoms with Crippen molar-refractivity contribution in [1.82, 2.24) is 0 Å². The average Bonchev–Trinajstić information content (AvgIpc) is 2.86. The van der Waals surface area contributed by atoms with E-state index in [1.54, 1.807) is 36.4 Å². The minimum absolute atomic E-state index is 0.0113.